The van der Waals surface area contributed by atoms with Gasteiger partial charge in [-0.1, -0.05) is 12.1 Å². The predicted octanol–water partition coefficient (Wildman–Crippen LogP) is 0.426. The molecule has 2 N–H and O–H groups in total. The number of hydrogen-bond acceptors (Lipinski definition) is 4. The summed E-state index contributed by atoms with van der Waals surface area (Å²) in [5.74, 6) is -2.60. The Balaban J connectivity index is 2.79. The number of carboxylic acid groups (broad SMARTS) is 1. The first-order chi connectivity index (χ1) is 10.1. The summed E-state index contributed by atoms with van der Waals surface area (Å²) in [6, 6.07) is 3.65. The molecule has 122 valence electrons. The second-order valence-electron chi connectivity index (χ2n) is 4.68. The molecule has 0 aromatic heterocycles. The molecule has 0 aliphatic rings. The average Bonchev–Trinajstić information content (AvgIpc) is 2.43. The summed E-state index contributed by atoms with van der Waals surface area (Å²) in [5.41, 5.74) is 0. The van der Waals surface area contributed by atoms with E-state index in [0.717, 1.165) is 17.0 Å². The predicted molar refractivity (Wildman–Crippen MR) is 76.1 cm³/mol. The second kappa shape index (κ2) is 7.32. The summed E-state index contributed by atoms with van der Waals surface area (Å²) < 4.78 is 39.7. The maximum atomic E-state index is 13.5. The third-order valence-electron chi connectivity index (χ3n) is 2.87. The van der Waals surface area contributed by atoms with Crippen LogP contribution in [-0.2, 0) is 19.6 Å². The topological polar surface area (TPSA) is 104 Å². The molecule has 9 heteroatoms. The van der Waals surface area contributed by atoms with Crippen LogP contribution in [0.3, 0.4) is 0 Å². The van der Waals surface area contributed by atoms with Crippen LogP contribution in [0.25, 0.3) is 0 Å². The Kier molecular flexibility index (Phi) is 6.01. The van der Waals surface area contributed by atoms with Gasteiger partial charge in [-0.05, 0) is 19.1 Å². The fraction of sp³-hybridized carbons (Fsp3) is 0.385. The summed E-state index contributed by atoms with van der Waals surface area (Å²) in [4.78, 5) is 23.0. The molecule has 0 saturated carbocycles. The fourth-order valence-electron chi connectivity index (χ4n) is 1.71. The smallest absolute Gasteiger partial charge is 0.305 e. The molecule has 0 spiro atoms. The highest BCUT2D eigenvalue weighted by Gasteiger charge is 2.26. The summed E-state index contributed by atoms with van der Waals surface area (Å²) in [6.45, 7) is 1.25. The fourth-order valence-corrected chi connectivity index (χ4v) is 2.99. The first-order valence-corrected chi connectivity index (χ1v) is 7.87. The van der Waals surface area contributed by atoms with Gasteiger partial charge in [0.05, 0.1) is 12.5 Å². The van der Waals surface area contributed by atoms with E-state index in [-0.39, 0.29) is 13.0 Å². The van der Waals surface area contributed by atoms with E-state index in [0.29, 0.717) is 0 Å². The van der Waals surface area contributed by atoms with E-state index in [4.69, 9.17) is 5.11 Å². The van der Waals surface area contributed by atoms with Crippen molar-refractivity contribution in [3.05, 3.63) is 30.1 Å². The minimum Gasteiger partial charge on any atom is -0.481 e. The Morgan fingerprint density at radius 1 is 1.36 bits per heavy atom. The average molecular weight is 332 g/mol. The van der Waals surface area contributed by atoms with E-state index >= 15 is 0 Å². The Morgan fingerprint density at radius 2 is 1.95 bits per heavy atom. The number of rotatable bonds is 7. The third-order valence-corrected chi connectivity index (χ3v) is 4.44. The van der Waals surface area contributed by atoms with Gasteiger partial charge in [0, 0.05) is 13.6 Å². The molecule has 0 aliphatic carbocycles. The number of benzene rings is 1. The van der Waals surface area contributed by atoms with Gasteiger partial charge < -0.3 is 10.0 Å². The lowest BCUT2D eigenvalue weighted by Crippen LogP contribution is -2.46. The zero-order valence-corrected chi connectivity index (χ0v) is 12.9. The van der Waals surface area contributed by atoms with Gasteiger partial charge in [0.15, 0.2) is 0 Å². The van der Waals surface area contributed by atoms with Gasteiger partial charge in [0.1, 0.15) is 10.7 Å². The zero-order chi connectivity index (χ0) is 16.9. The Morgan fingerprint density at radius 3 is 2.50 bits per heavy atom. The number of likely N-dealkylation sites (N-methyl/N-ethyl adjacent to an activating group) is 1. The molecule has 0 aliphatic heterocycles. The van der Waals surface area contributed by atoms with Crippen LogP contribution in [0.4, 0.5) is 4.39 Å². The molecule has 0 bridgehead atoms. The number of aliphatic carboxylic acids is 1. The summed E-state index contributed by atoms with van der Waals surface area (Å²) in [6.07, 6.45) is -0.255. The van der Waals surface area contributed by atoms with Crippen LogP contribution in [0.15, 0.2) is 29.2 Å². The van der Waals surface area contributed by atoms with Crippen molar-refractivity contribution in [2.24, 2.45) is 0 Å². The maximum absolute atomic E-state index is 13.5. The first kappa shape index (κ1) is 18.1. The van der Waals surface area contributed by atoms with Crippen molar-refractivity contribution < 1.29 is 27.5 Å². The molecule has 1 aromatic rings. The number of nitrogens with one attached hydrogen (secondary N) is 1. The van der Waals surface area contributed by atoms with Crippen molar-refractivity contribution >= 4 is 21.9 Å². The van der Waals surface area contributed by atoms with E-state index < -0.39 is 38.7 Å². The van der Waals surface area contributed by atoms with Crippen LogP contribution in [0.2, 0.25) is 0 Å². The number of sulfonamides is 1. The summed E-state index contributed by atoms with van der Waals surface area (Å²) >= 11 is 0. The molecule has 1 rings (SSSR count). The van der Waals surface area contributed by atoms with Crippen molar-refractivity contribution in [3.63, 3.8) is 0 Å². The third kappa shape index (κ3) is 4.78. The van der Waals surface area contributed by atoms with Crippen molar-refractivity contribution in [2.75, 3.05) is 13.6 Å². The molecule has 1 unspecified atom stereocenters. The molecule has 0 saturated heterocycles. The standard InChI is InChI=1S/C13H17FN2O5S/c1-9(13(19)16(2)8-7-12(17)18)15-22(20,21)11-6-4-3-5-10(11)14/h3-6,9,15H,7-8H2,1-2H3,(H,17,18). The Bertz CT molecular complexity index is 662. The normalized spacial score (nSPS) is 12.7. The molecule has 1 amide bonds. The number of nitrogens with zero attached hydrogens (tertiary/aromatic N) is 1. The lowest BCUT2D eigenvalue weighted by Gasteiger charge is -2.21. The van der Waals surface area contributed by atoms with Crippen molar-refractivity contribution in [3.8, 4) is 0 Å². The van der Waals surface area contributed by atoms with E-state index in [2.05, 4.69) is 4.72 Å². The summed E-state index contributed by atoms with van der Waals surface area (Å²) in [5, 5.41) is 8.56. The van der Waals surface area contributed by atoms with E-state index in [1.54, 1.807) is 0 Å². The largest absolute Gasteiger partial charge is 0.481 e. The van der Waals surface area contributed by atoms with Crippen LogP contribution in [0.1, 0.15) is 13.3 Å². The molecule has 0 fully saturated rings. The first-order valence-electron chi connectivity index (χ1n) is 6.39. The highest BCUT2D eigenvalue weighted by molar-refractivity contribution is 7.89. The maximum Gasteiger partial charge on any atom is 0.305 e. The van der Waals surface area contributed by atoms with Crippen LogP contribution < -0.4 is 4.72 Å². The van der Waals surface area contributed by atoms with Gasteiger partial charge in [-0.15, -0.1) is 0 Å². The molecule has 22 heavy (non-hydrogen) atoms. The summed E-state index contributed by atoms with van der Waals surface area (Å²) in [7, 11) is -2.83. The number of carbonyl (C=O) groups is 2. The zero-order valence-electron chi connectivity index (χ0n) is 12.1. The SMILES string of the molecule is CC(NS(=O)(=O)c1ccccc1F)C(=O)N(C)CCC(=O)O. The van der Waals surface area contributed by atoms with Gasteiger partial charge in [-0.2, -0.15) is 4.72 Å². The highest BCUT2D eigenvalue weighted by Crippen LogP contribution is 2.13. The lowest BCUT2D eigenvalue weighted by molar-refractivity contribution is -0.138. The number of hydrogen-bond donors (Lipinski definition) is 2. The van der Waals surface area contributed by atoms with Crippen LogP contribution in [-0.4, -0.2) is 49.9 Å². The van der Waals surface area contributed by atoms with E-state index in [9.17, 15) is 22.4 Å². The van der Waals surface area contributed by atoms with Crippen LogP contribution >= 0.6 is 0 Å². The molecule has 1 aromatic carbocycles. The molecule has 1 atom stereocenters. The monoisotopic (exact) mass is 332 g/mol. The quantitative estimate of drug-likeness (QED) is 0.753. The molecular weight excluding hydrogens is 315 g/mol. The number of halogens is 1. The minimum atomic E-state index is -4.19. The minimum absolute atomic E-state index is 0.0556. The van der Waals surface area contributed by atoms with Crippen molar-refractivity contribution in [1.29, 1.82) is 0 Å². The van der Waals surface area contributed by atoms with Gasteiger partial charge >= 0.3 is 5.97 Å². The Hall–Kier alpha value is -2.00. The van der Waals surface area contributed by atoms with E-state index in [1.165, 1.54) is 26.1 Å². The van der Waals surface area contributed by atoms with Gasteiger partial charge in [0.2, 0.25) is 15.9 Å². The van der Waals surface area contributed by atoms with Crippen molar-refractivity contribution in [1.82, 2.24) is 9.62 Å². The molecular formula is C13H17FN2O5S. The Labute approximate surface area is 127 Å². The van der Waals surface area contributed by atoms with E-state index in [1.807, 2.05) is 0 Å². The number of carbonyl (C=O) groups excluding carboxylic acids is 1. The molecule has 7 nitrogen and oxygen atoms in total. The van der Waals surface area contributed by atoms with Crippen molar-refractivity contribution in [2.45, 2.75) is 24.3 Å². The van der Waals surface area contributed by atoms with Gasteiger partial charge in [-0.3, -0.25) is 9.59 Å². The number of amides is 1. The second-order valence-corrected chi connectivity index (χ2v) is 6.36. The van der Waals surface area contributed by atoms with Crippen LogP contribution in [0.5, 0.6) is 0 Å². The van der Waals surface area contributed by atoms with Crippen LogP contribution in [0, 0.1) is 5.82 Å². The highest BCUT2D eigenvalue weighted by atomic mass is 32.2. The molecule has 0 heterocycles. The van der Waals surface area contributed by atoms with Gasteiger partial charge in [-0.25, -0.2) is 12.8 Å². The number of carboxylic acids is 1. The molecule has 0 radical (unpaired) electrons. The van der Waals surface area contributed by atoms with Gasteiger partial charge in [0.25, 0.3) is 0 Å². The lowest BCUT2D eigenvalue weighted by atomic mass is 10.3.